The summed E-state index contributed by atoms with van der Waals surface area (Å²) in [6.45, 7) is 8.08. The van der Waals surface area contributed by atoms with Crippen LogP contribution in [0.3, 0.4) is 0 Å². The van der Waals surface area contributed by atoms with Gasteiger partial charge >= 0.3 is 0 Å². The molecule has 6 heteroatoms. The zero-order valence-electron chi connectivity index (χ0n) is 16.4. The van der Waals surface area contributed by atoms with Crippen molar-refractivity contribution < 1.29 is 13.6 Å². The minimum Gasteiger partial charge on any atom is -0.310 e. The van der Waals surface area contributed by atoms with Crippen LogP contribution in [0, 0.1) is 18.6 Å². The van der Waals surface area contributed by atoms with Gasteiger partial charge in [-0.1, -0.05) is 50.6 Å². The highest BCUT2D eigenvalue weighted by atomic mass is 19.2. The fraction of sp³-hybridized carbons (Fsp3) is 0.273. The summed E-state index contributed by atoms with van der Waals surface area (Å²) >= 11 is 0. The Kier molecular flexibility index (Phi) is 5.31. The van der Waals surface area contributed by atoms with Gasteiger partial charge in [-0.3, -0.25) is 4.79 Å². The minimum absolute atomic E-state index is 0.00921. The lowest BCUT2D eigenvalue weighted by molar-refractivity contribution is -0.115. The van der Waals surface area contributed by atoms with Gasteiger partial charge in [-0.2, -0.15) is 5.10 Å². The number of rotatable bonds is 4. The summed E-state index contributed by atoms with van der Waals surface area (Å²) < 4.78 is 28.9. The maximum Gasteiger partial charge on any atom is 0.230 e. The fourth-order valence-electron chi connectivity index (χ4n) is 2.76. The van der Waals surface area contributed by atoms with Crippen LogP contribution in [0.5, 0.6) is 0 Å². The topological polar surface area (TPSA) is 46.9 Å². The molecule has 0 fully saturated rings. The number of aromatic nitrogens is 2. The molecule has 1 aromatic heterocycles. The quantitative estimate of drug-likeness (QED) is 0.694. The molecule has 28 heavy (non-hydrogen) atoms. The van der Waals surface area contributed by atoms with Crippen molar-refractivity contribution in [1.82, 2.24) is 9.78 Å². The Hall–Kier alpha value is -3.02. The first kappa shape index (κ1) is 19.7. The predicted molar refractivity (Wildman–Crippen MR) is 106 cm³/mol. The van der Waals surface area contributed by atoms with Crippen molar-refractivity contribution in [2.75, 3.05) is 5.32 Å². The molecule has 0 unspecified atom stereocenters. The molecule has 3 rings (SSSR count). The van der Waals surface area contributed by atoms with E-state index in [2.05, 4.69) is 10.4 Å². The van der Waals surface area contributed by atoms with Crippen LogP contribution in [0.15, 0.2) is 48.5 Å². The van der Waals surface area contributed by atoms with E-state index in [1.165, 1.54) is 12.1 Å². The highest BCUT2D eigenvalue weighted by Crippen LogP contribution is 2.26. The molecule has 146 valence electrons. The Morgan fingerprint density at radius 1 is 1.11 bits per heavy atom. The lowest BCUT2D eigenvalue weighted by Crippen LogP contribution is -2.18. The molecule has 0 saturated carbocycles. The molecule has 1 N–H and O–H groups in total. The molecular formula is C22H23F2N3O. The van der Waals surface area contributed by atoms with Crippen molar-refractivity contribution in [1.29, 1.82) is 0 Å². The summed E-state index contributed by atoms with van der Waals surface area (Å²) in [5, 5.41) is 7.42. The van der Waals surface area contributed by atoms with Crippen molar-refractivity contribution >= 4 is 11.7 Å². The summed E-state index contributed by atoms with van der Waals surface area (Å²) in [6.07, 6.45) is -0.270. The van der Waals surface area contributed by atoms with E-state index in [4.69, 9.17) is 0 Å². The van der Waals surface area contributed by atoms with Crippen molar-refractivity contribution in [3.63, 3.8) is 0 Å². The maximum absolute atomic E-state index is 13.9. The number of nitrogens with one attached hydrogen (secondary N) is 1. The lowest BCUT2D eigenvalue weighted by atomic mass is 9.92. The summed E-state index contributed by atoms with van der Waals surface area (Å²) in [4.78, 5) is 12.5. The minimum atomic E-state index is -1.000. The van der Waals surface area contributed by atoms with Gasteiger partial charge in [-0.15, -0.1) is 0 Å². The maximum atomic E-state index is 13.9. The van der Waals surface area contributed by atoms with Gasteiger partial charge in [0.1, 0.15) is 5.82 Å². The highest BCUT2D eigenvalue weighted by Gasteiger charge is 2.22. The Morgan fingerprint density at radius 2 is 1.79 bits per heavy atom. The molecule has 0 aliphatic rings. The van der Waals surface area contributed by atoms with Crippen LogP contribution >= 0.6 is 0 Å². The molecule has 0 atom stereocenters. The average molecular weight is 383 g/mol. The third-order valence-corrected chi connectivity index (χ3v) is 4.41. The van der Waals surface area contributed by atoms with Gasteiger partial charge in [0.2, 0.25) is 5.91 Å². The van der Waals surface area contributed by atoms with E-state index in [1.807, 2.05) is 52.0 Å². The molecule has 0 bridgehead atoms. The molecule has 0 radical (unpaired) electrons. The fourth-order valence-corrected chi connectivity index (χ4v) is 2.76. The van der Waals surface area contributed by atoms with Crippen LogP contribution in [0.2, 0.25) is 0 Å². The number of carbonyl (C=O) groups is 1. The molecule has 0 aliphatic carbocycles. The number of nitrogens with zero attached hydrogens (tertiary/aromatic N) is 2. The Balaban J connectivity index is 1.91. The smallest absolute Gasteiger partial charge is 0.230 e. The molecule has 1 amide bonds. The number of carbonyl (C=O) groups excluding carboxylic acids is 1. The summed E-state index contributed by atoms with van der Waals surface area (Å²) in [7, 11) is 0. The SMILES string of the molecule is Cc1ccc(-n2nc(C(C)(C)C)cc2NC(=O)Cc2cccc(F)c2F)cc1. The van der Waals surface area contributed by atoms with Crippen molar-refractivity contribution in [2.24, 2.45) is 0 Å². The summed E-state index contributed by atoms with van der Waals surface area (Å²) in [5.41, 5.74) is 2.51. The van der Waals surface area contributed by atoms with Gasteiger partial charge in [0, 0.05) is 17.0 Å². The number of aryl methyl sites for hydroxylation is 1. The number of benzene rings is 2. The van der Waals surface area contributed by atoms with E-state index in [-0.39, 0.29) is 17.4 Å². The average Bonchev–Trinajstić information content (AvgIpc) is 3.04. The van der Waals surface area contributed by atoms with Gasteiger partial charge < -0.3 is 5.32 Å². The Bertz CT molecular complexity index is 1000. The second-order valence-corrected chi connectivity index (χ2v) is 7.85. The zero-order chi connectivity index (χ0) is 20.5. The zero-order valence-corrected chi connectivity index (χ0v) is 16.4. The van der Waals surface area contributed by atoms with E-state index >= 15 is 0 Å². The van der Waals surface area contributed by atoms with Crippen LogP contribution in [0.25, 0.3) is 5.69 Å². The lowest BCUT2D eigenvalue weighted by Gasteiger charge is -2.14. The number of anilines is 1. The van der Waals surface area contributed by atoms with E-state index in [0.29, 0.717) is 5.82 Å². The molecule has 2 aromatic carbocycles. The second-order valence-electron chi connectivity index (χ2n) is 7.85. The van der Waals surface area contributed by atoms with Crippen LogP contribution in [-0.2, 0) is 16.6 Å². The summed E-state index contributed by atoms with van der Waals surface area (Å²) in [6, 6.07) is 13.4. The third-order valence-electron chi connectivity index (χ3n) is 4.41. The number of halogens is 2. The van der Waals surface area contributed by atoms with Crippen LogP contribution in [-0.4, -0.2) is 15.7 Å². The molecule has 4 nitrogen and oxygen atoms in total. The van der Waals surface area contributed by atoms with Crippen LogP contribution < -0.4 is 5.32 Å². The van der Waals surface area contributed by atoms with Crippen molar-refractivity contribution in [2.45, 2.75) is 39.5 Å². The molecule has 0 spiro atoms. The van der Waals surface area contributed by atoms with Crippen LogP contribution in [0.1, 0.15) is 37.6 Å². The standard InChI is InChI=1S/C22H23F2N3O/c1-14-8-10-16(11-9-14)27-19(13-18(26-27)22(2,3)4)25-20(28)12-15-6-5-7-17(23)21(15)24/h5-11,13H,12H2,1-4H3,(H,25,28). The number of hydrogen-bond donors (Lipinski definition) is 1. The van der Waals surface area contributed by atoms with Crippen molar-refractivity contribution in [3.05, 3.63) is 77.0 Å². The summed E-state index contributed by atoms with van der Waals surface area (Å²) in [5.74, 6) is -1.93. The number of amides is 1. The van der Waals surface area contributed by atoms with E-state index in [1.54, 1.807) is 10.7 Å². The third kappa shape index (κ3) is 4.27. The van der Waals surface area contributed by atoms with Gasteiger partial charge in [0.15, 0.2) is 11.6 Å². The first-order valence-electron chi connectivity index (χ1n) is 9.05. The second kappa shape index (κ2) is 7.54. The molecular weight excluding hydrogens is 360 g/mol. The Morgan fingerprint density at radius 3 is 2.43 bits per heavy atom. The molecule has 0 aliphatic heterocycles. The first-order valence-corrected chi connectivity index (χ1v) is 9.05. The van der Waals surface area contributed by atoms with Gasteiger partial charge in [-0.25, -0.2) is 13.5 Å². The normalized spacial score (nSPS) is 11.5. The monoisotopic (exact) mass is 383 g/mol. The molecule has 1 heterocycles. The van der Waals surface area contributed by atoms with E-state index < -0.39 is 17.5 Å². The van der Waals surface area contributed by atoms with Gasteiger partial charge in [-0.05, 0) is 25.1 Å². The first-order chi connectivity index (χ1) is 13.1. The van der Waals surface area contributed by atoms with Gasteiger partial charge in [0.25, 0.3) is 0 Å². The van der Waals surface area contributed by atoms with Crippen molar-refractivity contribution in [3.8, 4) is 5.69 Å². The van der Waals surface area contributed by atoms with E-state index in [0.717, 1.165) is 23.0 Å². The highest BCUT2D eigenvalue weighted by molar-refractivity contribution is 5.91. The molecule has 3 aromatic rings. The Labute approximate surface area is 163 Å². The largest absolute Gasteiger partial charge is 0.310 e. The predicted octanol–water partition coefficient (Wildman–Crippen LogP) is 4.94. The molecule has 0 saturated heterocycles. The van der Waals surface area contributed by atoms with E-state index in [9.17, 15) is 13.6 Å². The van der Waals surface area contributed by atoms with Gasteiger partial charge in [0.05, 0.1) is 17.8 Å². The van der Waals surface area contributed by atoms with Crippen LogP contribution in [0.4, 0.5) is 14.6 Å². The number of hydrogen-bond acceptors (Lipinski definition) is 2.